The number of likely N-dealkylation sites (tertiary alicyclic amines) is 1. The van der Waals surface area contributed by atoms with E-state index in [0.717, 1.165) is 30.8 Å². The van der Waals surface area contributed by atoms with Crippen LogP contribution in [0.1, 0.15) is 34.7 Å². The van der Waals surface area contributed by atoms with E-state index in [4.69, 9.17) is 18.9 Å². The van der Waals surface area contributed by atoms with Crippen LogP contribution < -0.4 is 14.2 Å². The smallest absolute Gasteiger partial charge is 0.295 e. The number of nitrogens with zero attached hydrogens (tertiary/aromatic N) is 2. The van der Waals surface area contributed by atoms with Crippen molar-refractivity contribution in [3.63, 3.8) is 0 Å². The third kappa shape index (κ3) is 7.38. The summed E-state index contributed by atoms with van der Waals surface area (Å²) in [6, 6.07) is 19.5. The molecule has 2 aliphatic heterocycles. The summed E-state index contributed by atoms with van der Waals surface area (Å²) in [4.78, 5) is 31.0. The van der Waals surface area contributed by atoms with Crippen molar-refractivity contribution in [3.05, 3.63) is 107 Å². The number of aliphatic hydroxyl groups is 1. The van der Waals surface area contributed by atoms with Gasteiger partial charge in [-0.05, 0) is 60.4 Å². The van der Waals surface area contributed by atoms with Gasteiger partial charge in [-0.25, -0.2) is 0 Å². The molecule has 0 bridgehead atoms. The van der Waals surface area contributed by atoms with Crippen molar-refractivity contribution >= 4 is 17.4 Å². The number of amides is 1. The van der Waals surface area contributed by atoms with Gasteiger partial charge in [0.05, 0.1) is 31.9 Å². The predicted molar refractivity (Wildman–Crippen MR) is 172 cm³/mol. The second kappa shape index (κ2) is 14.9. The molecule has 3 aromatic rings. The van der Waals surface area contributed by atoms with Crippen LogP contribution in [-0.4, -0.2) is 79.7 Å². The summed E-state index contributed by atoms with van der Waals surface area (Å²) in [5.41, 5.74) is 2.87. The van der Waals surface area contributed by atoms with Gasteiger partial charge in [0.25, 0.3) is 11.7 Å². The predicted octanol–water partition coefficient (Wildman–Crippen LogP) is 5.29. The number of methoxy groups -OCH3 is 1. The van der Waals surface area contributed by atoms with Gasteiger partial charge in [-0.1, -0.05) is 49.1 Å². The standard InChI is InChI=1S/C36H40N2O7/c1-4-19-44-29-13-12-28(22-25(29)2)34(39)32-33(38(36(41)35(32)40)16-8-15-37-17-20-43-21-18-37)27-11-14-30(31(23-27)42-3)45-24-26-9-6-5-7-10-26/h4-7,9-14,22-23,33,39H,1,8,15-21,24H2,2-3H3/b34-32+. The lowest BCUT2D eigenvalue weighted by atomic mass is 9.94. The van der Waals surface area contributed by atoms with Crippen LogP contribution >= 0.6 is 0 Å². The van der Waals surface area contributed by atoms with Crippen LogP contribution in [-0.2, 0) is 20.9 Å². The number of benzene rings is 3. The van der Waals surface area contributed by atoms with E-state index in [-0.39, 0.29) is 11.3 Å². The molecule has 0 spiro atoms. The van der Waals surface area contributed by atoms with E-state index < -0.39 is 17.7 Å². The van der Waals surface area contributed by atoms with E-state index in [1.54, 1.807) is 48.4 Å². The van der Waals surface area contributed by atoms with Crippen molar-refractivity contribution in [2.24, 2.45) is 0 Å². The van der Waals surface area contributed by atoms with Crippen molar-refractivity contribution in [2.45, 2.75) is 26.0 Å². The molecule has 2 saturated heterocycles. The third-order valence-electron chi connectivity index (χ3n) is 8.06. The maximum atomic E-state index is 13.6. The van der Waals surface area contributed by atoms with E-state index in [1.807, 2.05) is 43.3 Å². The molecule has 3 aromatic carbocycles. The van der Waals surface area contributed by atoms with Crippen LogP contribution in [0.3, 0.4) is 0 Å². The normalized spacial score (nSPS) is 18.2. The lowest BCUT2D eigenvalue weighted by Crippen LogP contribution is -2.39. The highest BCUT2D eigenvalue weighted by molar-refractivity contribution is 6.46. The van der Waals surface area contributed by atoms with Gasteiger partial charge in [-0.3, -0.25) is 14.5 Å². The van der Waals surface area contributed by atoms with Crippen molar-refractivity contribution in [2.75, 3.05) is 53.1 Å². The van der Waals surface area contributed by atoms with Gasteiger partial charge >= 0.3 is 0 Å². The molecule has 2 fully saturated rings. The van der Waals surface area contributed by atoms with Crippen molar-refractivity contribution in [1.29, 1.82) is 0 Å². The van der Waals surface area contributed by atoms with Crippen LogP contribution in [0.25, 0.3) is 5.76 Å². The molecule has 9 nitrogen and oxygen atoms in total. The van der Waals surface area contributed by atoms with E-state index >= 15 is 0 Å². The number of morpholine rings is 1. The molecule has 0 saturated carbocycles. The van der Waals surface area contributed by atoms with Crippen LogP contribution in [0, 0.1) is 6.92 Å². The lowest BCUT2D eigenvalue weighted by molar-refractivity contribution is -0.140. The second-order valence-electron chi connectivity index (χ2n) is 11.1. The first-order chi connectivity index (χ1) is 21.9. The largest absolute Gasteiger partial charge is 0.507 e. The molecule has 2 aliphatic rings. The van der Waals surface area contributed by atoms with E-state index in [2.05, 4.69) is 11.5 Å². The number of Topliss-reactive ketones (excluding diaryl/α,β-unsaturated/α-hetero) is 1. The number of hydrogen-bond donors (Lipinski definition) is 1. The first-order valence-electron chi connectivity index (χ1n) is 15.2. The van der Waals surface area contributed by atoms with Crippen molar-refractivity contribution < 1.29 is 33.6 Å². The minimum Gasteiger partial charge on any atom is -0.507 e. The van der Waals surface area contributed by atoms with Gasteiger partial charge in [0.2, 0.25) is 0 Å². The molecule has 1 amide bonds. The maximum absolute atomic E-state index is 13.6. The Morgan fingerprint density at radius 3 is 2.44 bits per heavy atom. The SMILES string of the molecule is C=CCOc1ccc(/C(O)=C2\C(=O)C(=O)N(CCCN3CCOCC3)C2c2ccc(OCc3ccccc3)c(OC)c2)cc1C. The number of carbonyl (C=O) groups is 2. The fourth-order valence-electron chi connectivity index (χ4n) is 5.72. The Labute approximate surface area is 264 Å². The topological polar surface area (TPSA) is 97.8 Å². The molecule has 1 unspecified atom stereocenters. The molecular formula is C36H40N2O7. The summed E-state index contributed by atoms with van der Waals surface area (Å²) in [6.07, 6.45) is 2.31. The molecule has 236 valence electrons. The number of aliphatic hydroxyl groups excluding tert-OH is 1. The van der Waals surface area contributed by atoms with E-state index in [0.29, 0.717) is 67.8 Å². The zero-order valence-corrected chi connectivity index (χ0v) is 25.9. The number of ketones is 1. The molecule has 0 aromatic heterocycles. The summed E-state index contributed by atoms with van der Waals surface area (Å²) in [5, 5.41) is 11.6. The fraction of sp³-hybridized carbons (Fsp3) is 0.333. The highest BCUT2D eigenvalue weighted by atomic mass is 16.5. The van der Waals surface area contributed by atoms with Crippen LogP contribution in [0.15, 0.2) is 85.0 Å². The van der Waals surface area contributed by atoms with Gasteiger partial charge in [0, 0.05) is 31.7 Å². The molecule has 1 N–H and O–H groups in total. The zero-order chi connectivity index (χ0) is 31.8. The third-order valence-corrected chi connectivity index (χ3v) is 8.06. The molecular weight excluding hydrogens is 572 g/mol. The van der Waals surface area contributed by atoms with Gasteiger partial charge in [-0.2, -0.15) is 0 Å². The Balaban J connectivity index is 1.49. The van der Waals surface area contributed by atoms with Crippen LogP contribution in [0.5, 0.6) is 17.2 Å². The molecule has 45 heavy (non-hydrogen) atoms. The molecule has 9 heteroatoms. The van der Waals surface area contributed by atoms with E-state index in [9.17, 15) is 14.7 Å². The van der Waals surface area contributed by atoms with Gasteiger partial charge in [-0.15, -0.1) is 0 Å². The molecule has 0 aliphatic carbocycles. The highest BCUT2D eigenvalue weighted by Gasteiger charge is 2.46. The van der Waals surface area contributed by atoms with Crippen LogP contribution in [0.4, 0.5) is 0 Å². The Bertz CT molecular complexity index is 1550. The monoisotopic (exact) mass is 612 g/mol. The van der Waals surface area contributed by atoms with Gasteiger partial charge in [0.1, 0.15) is 24.7 Å². The summed E-state index contributed by atoms with van der Waals surface area (Å²) in [7, 11) is 1.55. The fourth-order valence-corrected chi connectivity index (χ4v) is 5.72. The lowest BCUT2D eigenvalue weighted by Gasteiger charge is -2.29. The Morgan fingerprint density at radius 1 is 0.978 bits per heavy atom. The number of hydrogen-bond acceptors (Lipinski definition) is 8. The molecule has 1 atom stereocenters. The number of carbonyl (C=O) groups excluding carboxylic acids is 2. The summed E-state index contributed by atoms with van der Waals surface area (Å²) in [6.45, 7) is 10.4. The molecule has 2 heterocycles. The molecule has 5 rings (SSSR count). The minimum absolute atomic E-state index is 0.0329. The first-order valence-corrected chi connectivity index (χ1v) is 15.2. The summed E-state index contributed by atoms with van der Waals surface area (Å²) < 4.78 is 22.9. The first kappa shape index (κ1) is 31.8. The van der Waals surface area contributed by atoms with E-state index in [1.165, 1.54) is 0 Å². The Kier molecular flexibility index (Phi) is 10.5. The molecule has 0 radical (unpaired) electrons. The summed E-state index contributed by atoms with van der Waals surface area (Å²) >= 11 is 0. The van der Waals surface area contributed by atoms with Gasteiger partial charge in [0.15, 0.2) is 11.5 Å². The number of aryl methyl sites for hydroxylation is 1. The summed E-state index contributed by atoms with van der Waals surface area (Å²) in [5.74, 6) is 0.0200. The average Bonchev–Trinajstić information content (AvgIpc) is 3.32. The van der Waals surface area contributed by atoms with Crippen LogP contribution in [0.2, 0.25) is 0 Å². The Hall–Kier alpha value is -4.60. The zero-order valence-electron chi connectivity index (χ0n) is 25.9. The average molecular weight is 613 g/mol. The quantitative estimate of drug-likeness (QED) is 0.120. The number of ether oxygens (including phenoxy) is 4. The second-order valence-corrected chi connectivity index (χ2v) is 11.1. The van der Waals surface area contributed by atoms with Crippen molar-refractivity contribution in [3.8, 4) is 17.2 Å². The number of rotatable bonds is 13. The van der Waals surface area contributed by atoms with Gasteiger partial charge < -0.3 is 29.0 Å². The highest BCUT2D eigenvalue weighted by Crippen LogP contribution is 2.42. The maximum Gasteiger partial charge on any atom is 0.295 e. The minimum atomic E-state index is -0.816. The Morgan fingerprint density at radius 2 is 1.73 bits per heavy atom. The van der Waals surface area contributed by atoms with Crippen molar-refractivity contribution in [1.82, 2.24) is 9.80 Å².